The van der Waals surface area contributed by atoms with Gasteiger partial charge in [0.1, 0.15) is 12.7 Å². The lowest BCUT2D eigenvalue weighted by atomic mass is 9.71. The van der Waals surface area contributed by atoms with Gasteiger partial charge in [0.05, 0.1) is 11.7 Å². The molecule has 2 aliphatic rings. The van der Waals surface area contributed by atoms with E-state index in [-0.39, 0.29) is 36.8 Å². The molecule has 2 heterocycles. The minimum atomic E-state index is -4.51. The summed E-state index contributed by atoms with van der Waals surface area (Å²) >= 11 is 0. The Balaban J connectivity index is 1.77. The summed E-state index contributed by atoms with van der Waals surface area (Å²) in [4.78, 5) is 20.0. The molecule has 0 aromatic carbocycles. The number of imidazole rings is 1. The van der Waals surface area contributed by atoms with Gasteiger partial charge in [-0.05, 0) is 38.5 Å². The van der Waals surface area contributed by atoms with Crippen molar-refractivity contribution in [1.82, 2.24) is 14.5 Å². The molecule has 1 aliphatic carbocycles. The number of anilines is 1. The van der Waals surface area contributed by atoms with Crippen LogP contribution in [0.15, 0.2) is 6.33 Å². The number of alkyl halides is 6. The van der Waals surface area contributed by atoms with E-state index < -0.39 is 36.4 Å². The van der Waals surface area contributed by atoms with Crippen LogP contribution in [0.3, 0.4) is 0 Å². The zero-order valence-corrected chi connectivity index (χ0v) is 16.4. The highest BCUT2D eigenvalue weighted by Gasteiger charge is 2.52. The Bertz CT molecular complexity index is 763. The predicted molar refractivity (Wildman–Crippen MR) is 93.3 cm³/mol. The molecule has 1 amide bonds. The van der Waals surface area contributed by atoms with Crippen LogP contribution in [0, 0.1) is 11.3 Å². The Morgan fingerprint density at radius 3 is 2.28 bits per heavy atom. The third kappa shape index (κ3) is 4.05. The molecule has 1 saturated carbocycles. The topological polar surface area (TPSA) is 41.4 Å². The SMILES string of the molecule is CC1N(CC2CCC(C)(C(F)(F)F)CC2)C(=O)c2c(ncn2CC(F)(F)F)N1C. The van der Waals surface area contributed by atoms with Crippen LogP contribution in [-0.2, 0) is 6.54 Å². The molecule has 0 N–H and O–H groups in total. The van der Waals surface area contributed by atoms with Crippen molar-refractivity contribution in [3.05, 3.63) is 12.0 Å². The van der Waals surface area contributed by atoms with Crippen molar-refractivity contribution in [2.45, 2.75) is 64.6 Å². The Hall–Kier alpha value is -1.94. The number of nitrogens with zero attached hydrogens (tertiary/aromatic N) is 4. The van der Waals surface area contributed by atoms with Crippen molar-refractivity contribution in [2.24, 2.45) is 11.3 Å². The lowest BCUT2D eigenvalue weighted by Gasteiger charge is -2.44. The summed E-state index contributed by atoms with van der Waals surface area (Å²) in [5.74, 6) is -0.529. The van der Waals surface area contributed by atoms with Gasteiger partial charge in [-0.2, -0.15) is 26.3 Å². The van der Waals surface area contributed by atoms with E-state index in [2.05, 4.69) is 4.98 Å². The summed E-state index contributed by atoms with van der Waals surface area (Å²) < 4.78 is 79.0. The summed E-state index contributed by atoms with van der Waals surface area (Å²) in [6.45, 7) is 1.82. The summed E-state index contributed by atoms with van der Waals surface area (Å²) in [6, 6.07) is 0. The number of amides is 1. The third-order valence-electron chi connectivity index (χ3n) is 6.33. The molecule has 1 atom stereocenters. The van der Waals surface area contributed by atoms with E-state index in [0.717, 1.165) is 10.9 Å². The number of carbonyl (C=O) groups is 1. The van der Waals surface area contributed by atoms with E-state index in [9.17, 15) is 31.1 Å². The Labute approximate surface area is 164 Å². The van der Waals surface area contributed by atoms with Crippen molar-refractivity contribution in [3.8, 4) is 0 Å². The zero-order chi connectivity index (χ0) is 21.8. The zero-order valence-electron chi connectivity index (χ0n) is 16.4. The Morgan fingerprint density at radius 2 is 1.76 bits per heavy atom. The van der Waals surface area contributed by atoms with Gasteiger partial charge in [0.2, 0.25) is 0 Å². The largest absolute Gasteiger partial charge is 0.406 e. The molecule has 5 nitrogen and oxygen atoms in total. The van der Waals surface area contributed by atoms with Gasteiger partial charge in [-0.3, -0.25) is 4.79 Å². The van der Waals surface area contributed by atoms with Crippen molar-refractivity contribution < 1.29 is 31.1 Å². The van der Waals surface area contributed by atoms with E-state index in [0.29, 0.717) is 12.8 Å². The van der Waals surface area contributed by atoms with Crippen LogP contribution in [0.4, 0.5) is 32.2 Å². The van der Waals surface area contributed by atoms with Crippen LogP contribution in [0.1, 0.15) is 50.0 Å². The van der Waals surface area contributed by atoms with E-state index in [1.807, 2.05) is 0 Å². The average Bonchev–Trinajstić information content (AvgIpc) is 2.99. The number of hydrogen-bond donors (Lipinski definition) is 0. The number of fused-ring (bicyclic) bond motifs is 1. The van der Waals surface area contributed by atoms with Gasteiger partial charge >= 0.3 is 12.4 Å². The highest BCUT2D eigenvalue weighted by Crippen LogP contribution is 2.50. The Morgan fingerprint density at radius 1 is 1.17 bits per heavy atom. The Kier molecular flexibility index (Phi) is 5.32. The quantitative estimate of drug-likeness (QED) is 0.671. The lowest BCUT2D eigenvalue weighted by Crippen LogP contribution is -2.54. The average molecular weight is 426 g/mol. The molecule has 0 radical (unpaired) electrons. The van der Waals surface area contributed by atoms with E-state index in [4.69, 9.17) is 0 Å². The molecule has 0 saturated heterocycles. The van der Waals surface area contributed by atoms with Crippen molar-refractivity contribution in [3.63, 3.8) is 0 Å². The van der Waals surface area contributed by atoms with Crippen molar-refractivity contribution in [2.75, 3.05) is 18.5 Å². The maximum Gasteiger partial charge on any atom is 0.406 e. The van der Waals surface area contributed by atoms with E-state index >= 15 is 0 Å². The highest BCUT2D eigenvalue weighted by atomic mass is 19.4. The second kappa shape index (κ2) is 7.09. The molecule has 0 bridgehead atoms. The molecule has 1 fully saturated rings. The minimum absolute atomic E-state index is 0.0231. The summed E-state index contributed by atoms with van der Waals surface area (Å²) in [5.41, 5.74) is -1.87. The predicted octanol–water partition coefficient (Wildman–Crippen LogP) is 4.44. The number of aromatic nitrogens is 2. The van der Waals surface area contributed by atoms with Gasteiger partial charge in [-0.1, -0.05) is 6.92 Å². The number of rotatable bonds is 3. The van der Waals surface area contributed by atoms with Crippen LogP contribution in [0.25, 0.3) is 0 Å². The number of carbonyl (C=O) groups excluding carboxylic acids is 1. The minimum Gasteiger partial charge on any atom is -0.337 e. The third-order valence-corrected chi connectivity index (χ3v) is 6.33. The first-order valence-electron chi connectivity index (χ1n) is 9.46. The molecule has 164 valence electrons. The number of halogens is 6. The van der Waals surface area contributed by atoms with Crippen molar-refractivity contribution in [1.29, 1.82) is 0 Å². The smallest absolute Gasteiger partial charge is 0.337 e. The van der Waals surface area contributed by atoms with Gasteiger partial charge in [0.15, 0.2) is 11.5 Å². The number of hydrogen-bond acceptors (Lipinski definition) is 3. The van der Waals surface area contributed by atoms with Gasteiger partial charge in [0, 0.05) is 13.6 Å². The standard InChI is InChI=1S/C18H24F6N4O/c1-11-26(3)14-13(27(10-25-14)9-17(19,20)21)15(29)28(11)8-12-4-6-16(2,7-5-12)18(22,23)24/h10-12H,4-9H2,1-3H3. The first kappa shape index (κ1) is 21.8. The fraction of sp³-hybridized carbons (Fsp3) is 0.778. The van der Waals surface area contributed by atoms with Crippen LogP contribution in [0.5, 0.6) is 0 Å². The molecular weight excluding hydrogens is 402 g/mol. The van der Waals surface area contributed by atoms with Crippen molar-refractivity contribution >= 4 is 11.7 Å². The molecular formula is C18H24F6N4O. The summed E-state index contributed by atoms with van der Waals surface area (Å²) in [6.07, 6.45) is -7.67. The van der Waals surface area contributed by atoms with Crippen LogP contribution >= 0.6 is 0 Å². The van der Waals surface area contributed by atoms with Gasteiger partial charge in [-0.15, -0.1) is 0 Å². The van der Waals surface area contributed by atoms with Crippen LogP contribution < -0.4 is 4.90 Å². The lowest BCUT2D eigenvalue weighted by molar-refractivity contribution is -0.230. The van der Waals surface area contributed by atoms with Gasteiger partial charge in [0.25, 0.3) is 5.91 Å². The maximum absolute atomic E-state index is 13.2. The molecule has 0 spiro atoms. The van der Waals surface area contributed by atoms with E-state index in [1.165, 1.54) is 11.8 Å². The van der Waals surface area contributed by atoms with Gasteiger partial charge in [-0.25, -0.2) is 4.98 Å². The molecule has 1 aromatic heterocycles. The molecule has 11 heteroatoms. The first-order valence-corrected chi connectivity index (χ1v) is 9.46. The molecule has 3 rings (SSSR count). The van der Waals surface area contributed by atoms with Crippen LogP contribution in [-0.4, -0.2) is 52.5 Å². The molecule has 29 heavy (non-hydrogen) atoms. The monoisotopic (exact) mass is 426 g/mol. The fourth-order valence-electron chi connectivity index (χ4n) is 4.15. The normalized spacial score (nSPS) is 28.7. The fourth-order valence-corrected chi connectivity index (χ4v) is 4.15. The van der Waals surface area contributed by atoms with Crippen LogP contribution in [0.2, 0.25) is 0 Å². The summed E-state index contributed by atoms with van der Waals surface area (Å²) in [5, 5.41) is 0. The molecule has 1 aromatic rings. The van der Waals surface area contributed by atoms with Gasteiger partial charge < -0.3 is 14.4 Å². The summed E-state index contributed by atoms with van der Waals surface area (Å²) in [7, 11) is 1.63. The second-order valence-electron chi connectivity index (χ2n) is 8.36. The highest BCUT2D eigenvalue weighted by molar-refractivity contribution is 5.99. The second-order valence-corrected chi connectivity index (χ2v) is 8.36. The maximum atomic E-state index is 13.2. The van der Waals surface area contributed by atoms with E-state index in [1.54, 1.807) is 18.9 Å². The molecule has 1 aliphatic heterocycles. The molecule has 1 unspecified atom stereocenters. The first-order chi connectivity index (χ1) is 13.2.